The van der Waals surface area contributed by atoms with Crippen LogP contribution in [-0.4, -0.2) is 17.4 Å². The number of hydrogen-bond donors (Lipinski definition) is 1. The molecule has 0 aliphatic rings. The van der Waals surface area contributed by atoms with Crippen LogP contribution in [0.1, 0.15) is 11.1 Å². The van der Waals surface area contributed by atoms with Gasteiger partial charge in [-0.25, -0.2) is 0 Å². The second-order valence-electron chi connectivity index (χ2n) is 6.17. The van der Waals surface area contributed by atoms with Crippen LogP contribution in [0.5, 0.6) is 0 Å². The van der Waals surface area contributed by atoms with Gasteiger partial charge >= 0.3 is 0 Å². The van der Waals surface area contributed by atoms with Crippen LogP contribution in [0.3, 0.4) is 0 Å². The highest BCUT2D eigenvalue weighted by Gasteiger charge is 2.12. The fourth-order valence-corrected chi connectivity index (χ4v) is 3.01. The Kier molecular flexibility index (Phi) is 6.42. The van der Waals surface area contributed by atoms with Crippen LogP contribution in [0, 0.1) is 0 Å². The van der Waals surface area contributed by atoms with E-state index in [0.717, 1.165) is 0 Å². The van der Waals surface area contributed by atoms with Gasteiger partial charge in [0, 0.05) is 23.8 Å². The van der Waals surface area contributed by atoms with Crippen LogP contribution in [0.4, 0.5) is 5.69 Å². The van der Waals surface area contributed by atoms with E-state index < -0.39 is 0 Å². The Morgan fingerprint density at radius 2 is 1.38 bits per heavy atom. The molecule has 0 fully saturated rings. The van der Waals surface area contributed by atoms with Gasteiger partial charge in [0.15, 0.2) is 0 Å². The molecule has 0 saturated heterocycles. The second-order valence-corrected chi connectivity index (χ2v) is 6.61. The number of hydrogen-bond acceptors (Lipinski definition) is 2. The van der Waals surface area contributed by atoms with Crippen LogP contribution in [0.2, 0.25) is 5.02 Å². The van der Waals surface area contributed by atoms with E-state index in [0.29, 0.717) is 30.3 Å². The summed E-state index contributed by atoms with van der Waals surface area (Å²) in [6.07, 6.45) is 0. The first kappa shape index (κ1) is 18.2. The zero-order chi connectivity index (χ0) is 18.2. The zero-order valence-electron chi connectivity index (χ0n) is 14.4. The number of rotatable bonds is 7. The molecule has 4 heteroatoms. The Hall–Kier alpha value is -2.62. The number of nitrogens with zero attached hydrogens (tertiary/aromatic N) is 1. The predicted octanol–water partition coefficient (Wildman–Crippen LogP) is 4.98. The average Bonchev–Trinajstić information content (AvgIpc) is 2.63. The molecule has 26 heavy (non-hydrogen) atoms. The molecule has 0 heterocycles. The summed E-state index contributed by atoms with van der Waals surface area (Å²) in [5, 5.41) is 3.52. The summed E-state index contributed by atoms with van der Waals surface area (Å²) in [7, 11) is 0. The lowest BCUT2D eigenvalue weighted by Crippen LogP contribution is -2.32. The first-order valence-corrected chi connectivity index (χ1v) is 8.92. The molecule has 3 aromatic rings. The minimum atomic E-state index is -0.0564. The Balaban J connectivity index is 1.68. The van der Waals surface area contributed by atoms with Gasteiger partial charge in [-0.05, 0) is 29.3 Å². The molecule has 3 rings (SSSR count). The van der Waals surface area contributed by atoms with Gasteiger partial charge in [0.2, 0.25) is 5.91 Å². The van der Waals surface area contributed by atoms with Crippen molar-refractivity contribution in [1.82, 2.24) is 4.90 Å². The molecule has 0 spiro atoms. The third-order valence-corrected chi connectivity index (χ3v) is 4.21. The summed E-state index contributed by atoms with van der Waals surface area (Å²) in [5.41, 5.74) is 3.07. The SMILES string of the molecule is O=C(CN(Cc1ccccc1)Cc1ccccc1)Nc1cccc(Cl)c1. The van der Waals surface area contributed by atoms with Crippen LogP contribution in [0.15, 0.2) is 84.9 Å². The molecule has 1 N–H and O–H groups in total. The highest BCUT2D eigenvalue weighted by molar-refractivity contribution is 6.30. The van der Waals surface area contributed by atoms with Crippen molar-refractivity contribution in [3.63, 3.8) is 0 Å². The largest absolute Gasteiger partial charge is 0.325 e. The summed E-state index contributed by atoms with van der Waals surface area (Å²) < 4.78 is 0. The van der Waals surface area contributed by atoms with E-state index in [2.05, 4.69) is 34.5 Å². The molecular formula is C22H21ClN2O. The number of benzene rings is 3. The number of carbonyl (C=O) groups excluding carboxylic acids is 1. The summed E-state index contributed by atoms with van der Waals surface area (Å²) in [5.74, 6) is -0.0564. The Morgan fingerprint density at radius 1 is 0.808 bits per heavy atom. The summed E-state index contributed by atoms with van der Waals surface area (Å²) in [6, 6.07) is 27.6. The van der Waals surface area contributed by atoms with Crippen LogP contribution in [0.25, 0.3) is 0 Å². The molecule has 0 aliphatic carbocycles. The maximum atomic E-state index is 12.5. The van der Waals surface area contributed by atoms with Crippen LogP contribution >= 0.6 is 11.6 Å². The fourth-order valence-electron chi connectivity index (χ4n) is 2.82. The van der Waals surface area contributed by atoms with Crippen LogP contribution in [-0.2, 0) is 17.9 Å². The van der Waals surface area contributed by atoms with E-state index in [-0.39, 0.29) is 5.91 Å². The molecule has 132 valence electrons. The quantitative estimate of drug-likeness (QED) is 0.641. The lowest BCUT2D eigenvalue weighted by Gasteiger charge is -2.22. The molecule has 3 aromatic carbocycles. The maximum absolute atomic E-state index is 12.5. The summed E-state index contributed by atoms with van der Waals surface area (Å²) >= 11 is 5.99. The fraction of sp³-hybridized carbons (Fsp3) is 0.136. The molecule has 0 atom stereocenters. The smallest absolute Gasteiger partial charge is 0.238 e. The third-order valence-electron chi connectivity index (χ3n) is 3.97. The highest BCUT2D eigenvalue weighted by atomic mass is 35.5. The standard InChI is InChI=1S/C22H21ClN2O/c23-20-12-7-13-21(14-20)24-22(26)17-25(15-18-8-3-1-4-9-18)16-19-10-5-2-6-11-19/h1-14H,15-17H2,(H,24,26). The van der Waals surface area contributed by atoms with E-state index >= 15 is 0 Å². The van der Waals surface area contributed by atoms with Gasteiger partial charge in [-0.1, -0.05) is 78.3 Å². The summed E-state index contributed by atoms with van der Waals surface area (Å²) in [6.45, 7) is 1.72. The Morgan fingerprint density at radius 3 is 1.92 bits per heavy atom. The van der Waals surface area contributed by atoms with Gasteiger partial charge in [0.1, 0.15) is 0 Å². The molecule has 0 aliphatic heterocycles. The Labute approximate surface area is 159 Å². The number of nitrogens with one attached hydrogen (secondary N) is 1. The predicted molar refractivity (Wildman–Crippen MR) is 107 cm³/mol. The van der Waals surface area contributed by atoms with Crippen molar-refractivity contribution in [2.24, 2.45) is 0 Å². The van der Waals surface area contributed by atoms with E-state index in [4.69, 9.17) is 11.6 Å². The lowest BCUT2D eigenvalue weighted by molar-refractivity contribution is -0.117. The average molecular weight is 365 g/mol. The first-order valence-electron chi connectivity index (χ1n) is 8.55. The van der Waals surface area contributed by atoms with Gasteiger partial charge in [-0.2, -0.15) is 0 Å². The third kappa shape index (κ3) is 5.73. The topological polar surface area (TPSA) is 32.3 Å². The van der Waals surface area contributed by atoms with Crippen molar-refractivity contribution in [3.05, 3.63) is 101 Å². The number of halogens is 1. The van der Waals surface area contributed by atoms with Gasteiger partial charge < -0.3 is 5.32 Å². The molecule has 1 amide bonds. The molecule has 0 radical (unpaired) electrons. The zero-order valence-corrected chi connectivity index (χ0v) is 15.2. The molecule has 3 nitrogen and oxygen atoms in total. The van der Waals surface area contributed by atoms with Gasteiger partial charge in [0.25, 0.3) is 0 Å². The Bertz CT molecular complexity index is 796. The minimum Gasteiger partial charge on any atom is -0.325 e. The normalized spacial score (nSPS) is 10.7. The molecule has 0 bridgehead atoms. The van der Waals surface area contributed by atoms with Crippen LogP contribution < -0.4 is 5.32 Å². The molecular weight excluding hydrogens is 344 g/mol. The number of amides is 1. The molecule has 0 saturated carbocycles. The van der Waals surface area contributed by atoms with Gasteiger partial charge in [-0.3, -0.25) is 9.69 Å². The number of carbonyl (C=O) groups is 1. The number of anilines is 1. The van der Waals surface area contributed by atoms with Gasteiger partial charge in [0.05, 0.1) is 6.54 Å². The van der Waals surface area contributed by atoms with Crippen molar-refractivity contribution in [1.29, 1.82) is 0 Å². The van der Waals surface area contributed by atoms with E-state index in [1.54, 1.807) is 12.1 Å². The molecule has 0 unspecified atom stereocenters. The van der Waals surface area contributed by atoms with E-state index in [9.17, 15) is 4.79 Å². The first-order chi connectivity index (χ1) is 12.7. The van der Waals surface area contributed by atoms with Crippen molar-refractivity contribution in [3.8, 4) is 0 Å². The van der Waals surface area contributed by atoms with Crippen molar-refractivity contribution in [2.45, 2.75) is 13.1 Å². The van der Waals surface area contributed by atoms with Crippen molar-refractivity contribution >= 4 is 23.2 Å². The highest BCUT2D eigenvalue weighted by Crippen LogP contribution is 2.15. The van der Waals surface area contributed by atoms with Gasteiger partial charge in [-0.15, -0.1) is 0 Å². The monoisotopic (exact) mass is 364 g/mol. The summed E-state index contributed by atoms with van der Waals surface area (Å²) in [4.78, 5) is 14.6. The second kappa shape index (κ2) is 9.18. The van der Waals surface area contributed by atoms with E-state index in [1.807, 2.05) is 48.5 Å². The maximum Gasteiger partial charge on any atom is 0.238 e. The van der Waals surface area contributed by atoms with E-state index in [1.165, 1.54) is 11.1 Å². The minimum absolute atomic E-state index is 0.0564. The molecule has 0 aromatic heterocycles. The van der Waals surface area contributed by atoms with Crippen molar-refractivity contribution in [2.75, 3.05) is 11.9 Å². The van der Waals surface area contributed by atoms with Crippen molar-refractivity contribution < 1.29 is 4.79 Å². The lowest BCUT2D eigenvalue weighted by atomic mass is 10.1.